The molecule has 0 fully saturated rings. The van der Waals surface area contributed by atoms with Gasteiger partial charge in [0.05, 0.1) is 5.69 Å². The van der Waals surface area contributed by atoms with Crippen LogP contribution in [0.25, 0.3) is 11.0 Å². The molecular weight excluding hydrogens is 168 g/mol. The number of H-pyrrole nitrogens is 1. The normalized spacial score (nSPS) is 10.2. The summed E-state index contributed by atoms with van der Waals surface area (Å²) in [6.07, 6.45) is 0. The predicted octanol–water partition coefficient (Wildman–Crippen LogP) is -0.137. The lowest BCUT2D eigenvalue weighted by Crippen LogP contribution is -2.21. The molecule has 0 saturated carbocycles. The zero-order chi connectivity index (χ0) is 9.26. The smallest absolute Gasteiger partial charge is 0.191 e. The van der Waals surface area contributed by atoms with Gasteiger partial charge >= 0.3 is 0 Å². The fraction of sp³-hybridized carbons (Fsp3) is 0. The van der Waals surface area contributed by atoms with Crippen molar-refractivity contribution in [1.29, 1.82) is 0 Å². The van der Waals surface area contributed by atoms with Gasteiger partial charge in [0.1, 0.15) is 11.0 Å². The first-order valence-corrected chi connectivity index (χ1v) is 3.66. The molecule has 0 amide bonds. The van der Waals surface area contributed by atoms with Crippen molar-refractivity contribution >= 4 is 22.7 Å². The molecule has 6 nitrogen and oxygen atoms in total. The lowest BCUT2D eigenvalue weighted by Gasteiger charge is -1.92. The molecule has 0 radical (unpaired) electrons. The molecule has 1 aromatic carbocycles. The van der Waals surface area contributed by atoms with E-state index in [0.29, 0.717) is 5.69 Å². The largest absolute Gasteiger partial charge is 0.370 e. The fourth-order valence-corrected chi connectivity index (χ4v) is 1.05. The molecule has 2 rings (SSSR count). The van der Waals surface area contributed by atoms with Crippen molar-refractivity contribution < 1.29 is 0 Å². The third-order valence-corrected chi connectivity index (χ3v) is 1.56. The van der Waals surface area contributed by atoms with Gasteiger partial charge in [0.15, 0.2) is 5.96 Å². The first-order chi connectivity index (χ1) is 6.25. The molecule has 0 aliphatic carbocycles. The number of nitrogens with zero attached hydrogens (tertiary/aromatic N) is 3. The van der Waals surface area contributed by atoms with Crippen LogP contribution in [-0.2, 0) is 0 Å². The van der Waals surface area contributed by atoms with Gasteiger partial charge < -0.3 is 11.5 Å². The zero-order valence-electron chi connectivity index (χ0n) is 6.73. The second kappa shape index (κ2) is 2.74. The molecule has 13 heavy (non-hydrogen) atoms. The van der Waals surface area contributed by atoms with Crippen LogP contribution >= 0.6 is 0 Å². The molecule has 0 saturated heterocycles. The number of hydrogen-bond acceptors (Lipinski definition) is 3. The Morgan fingerprint density at radius 3 is 2.77 bits per heavy atom. The standard InChI is InChI=1S/C7H8N6/c8-7(9)10-4-1-2-5-6(3-4)12-13-11-5/h1-3H,(H4,8,9,10)(H,11,12,13). The van der Waals surface area contributed by atoms with E-state index in [0.717, 1.165) is 11.0 Å². The highest BCUT2D eigenvalue weighted by Gasteiger charge is 1.98. The van der Waals surface area contributed by atoms with Crippen LogP contribution in [0, 0.1) is 0 Å². The van der Waals surface area contributed by atoms with Crippen LogP contribution in [0.4, 0.5) is 5.69 Å². The Morgan fingerprint density at radius 2 is 2.00 bits per heavy atom. The predicted molar refractivity (Wildman–Crippen MR) is 49.4 cm³/mol. The summed E-state index contributed by atoms with van der Waals surface area (Å²) >= 11 is 0. The zero-order valence-corrected chi connectivity index (χ0v) is 6.73. The number of guanidine groups is 1. The molecule has 1 heterocycles. The lowest BCUT2D eigenvalue weighted by molar-refractivity contribution is 0.959. The minimum absolute atomic E-state index is 0.0304. The average molecular weight is 176 g/mol. The summed E-state index contributed by atoms with van der Waals surface area (Å²) in [6.45, 7) is 0. The summed E-state index contributed by atoms with van der Waals surface area (Å²) in [5.41, 5.74) is 12.6. The van der Waals surface area contributed by atoms with E-state index in [4.69, 9.17) is 11.5 Å². The first-order valence-electron chi connectivity index (χ1n) is 3.66. The van der Waals surface area contributed by atoms with Crippen LogP contribution in [0.3, 0.4) is 0 Å². The summed E-state index contributed by atoms with van der Waals surface area (Å²) in [4.78, 5) is 3.88. The minimum Gasteiger partial charge on any atom is -0.370 e. The van der Waals surface area contributed by atoms with Crippen LogP contribution in [0.5, 0.6) is 0 Å². The number of rotatable bonds is 1. The molecule has 0 bridgehead atoms. The van der Waals surface area contributed by atoms with Crippen LogP contribution in [0.2, 0.25) is 0 Å². The third kappa shape index (κ3) is 1.41. The molecule has 0 aliphatic heterocycles. The van der Waals surface area contributed by atoms with Crippen LogP contribution < -0.4 is 11.5 Å². The average Bonchev–Trinajstić information content (AvgIpc) is 2.49. The van der Waals surface area contributed by atoms with Gasteiger partial charge in [-0.3, -0.25) is 0 Å². The van der Waals surface area contributed by atoms with E-state index in [1.54, 1.807) is 18.2 Å². The topological polar surface area (TPSA) is 106 Å². The van der Waals surface area contributed by atoms with Crippen molar-refractivity contribution in [2.75, 3.05) is 0 Å². The number of fused-ring (bicyclic) bond motifs is 1. The number of hydrogen-bond donors (Lipinski definition) is 3. The summed E-state index contributed by atoms with van der Waals surface area (Å²) in [5.74, 6) is 0.0304. The highest BCUT2D eigenvalue weighted by atomic mass is 15.3. The van der Waals surface area contributed by atoms with E-state index in [1.807, 2.05) is 0 Å². The number of aromatic amines is 1. The molecule has 0 spiro atoms. The van der Waals surface area contributed by atoms with Crippen molar-refractivity contribution in [3.05, 3.63) is 18.2 Å². The van der Waals surface area contributed by atoms with Gasteiger partial charge in [-0.2, -0.15) is 15.4 Å². The second-order valence-electron chi connectivity index (χ2n) is 2.53. The van der Waals surface area contributed by atoms with E-state index in [1.165, 1.54) is 0 Å². The van der Waals surface area contributed by atoms with Crippen molar-refractivity contribution in [3.63, 3.8) is 0 Å². The second-order valence-corrected chi connectivity index (χ2v) is 2.53. The maximum atomic E-state index is 5.23. The van der Waals surface area contributed by atoms with Crippen molar-refractivity contribution in [2.24, 2.45) is 16.5 Å². The molecule has 2 aromatic rings. The number of aromatic nitrogens is 3. The van der Waals surface area contributed by atoms with Gasteiger partial charge in [0.2, 0.25) is 0 Å². The maximum absolute atomic E-state index is 5.23. The highest BCUT2D eigenvalue weighted by Crippen LogP contribution is 2.16. The Morgan fingerprint density at radius 1 is 1.23 bits per heavy atom. The van der Waals surface area contributed by atoms with E-state index < -0.39 is 0 Å². The van der Waals surface area contributed by atoms with Gasteiger partial charge in [-0.25, -0.2) is 4.99 Å². The monoisotopic (exact) mass is 176 g/mol. The molecule has 6 heteroatoms. The molecule has 66 valence electrons. The van der Waals surface area contributed by atoms with Crippen LogP contribution in [-0.4, -0.2) is 21.4 Å². The van der Waals surface area contributed by atoms with Gasteiger partial charge in [-0.05, 0) is 18.2 Å². The Kier molecular flexibility index (Phi) is 1.59. The lowest BCUT2D eigenvalue weighted by atomic mass is 10.3. The first kappa shape index (κ1) is 7.53. The van der Waals surface area contributed by atoms with E-state index >= 15 is 0 Å². The van der Waals surface area contributed by atoms with Gasteiger partial charge in [-0.1, -0.05) is 0 Å². The molecular formula is C7H8N6. The highest BCUT2D eigenvalue weighted by molar-refractivity contribution is 5.82. The number of nitrogens with two attached hydrogens (primary N) is 2. The Hall–Kier alpha value is -2.11. The maximum Gasteiger partial charge on any atom is 0.191 e. The van der Waals surface area contributed by atoms with Crippen LogP contribution in [0.15, 0.2) is 23.2 Å². The van der Waals surface area contributed by atoms with Gasteiger partial charge in [0, 0.05) is 0 Å². The van der Waals surface area contributed by atoms with Crippen molar-refractivity contribution in [1.82, 2.24) is 15.4 Å². The molecule has 1 aromatic heterocycles. The summed E-state index contributed by atoms with van der Waals surface area (Å²) in [5, 5.41) is 10.3. The number of aliphatic imine (C=N–C) groups is 1. The van der Waals surface area contributed by atoms with Crippen molar-refractivity contribution in [3.8, 4) is 0 Å². The Bertz CT molecular complexity index is 453. The summed E-state index contributed by atoms with van der Waals surface area (Å²) in [6, 6.07) is 5.31. The van der Waals surface area contributed by atoms with Crippen LogP contribution in [0.1, 0.15) is 0 Å². The SMILES string of the molecule is NC(N)=Nc1ccc2n[nH]nc2c1. The van der Waals surface area contributed by atoms with Crippen molar-refractivity contribution in [2.45, 2.75) is 0 Å². The Labute approximate surface area is 73.6 Å². The number of benzene rings is 1. The molecule has 0 aliphatic rings. The Balaban J connectivity index is 2.54. The molecule has 5 N–H and O–H groups in total. The third-order valence-electron chi connectivity index (χ3n) is 1.56. The van der Waals surface area contributed by atoms with E-state index in [9.17, 15) is 0 Å². The quantitative estimate of drug-likeness (QED) is 0.415. The fourth-order valence-electron chi connectivity index (χ4n) is 1.05. The molecule has 0 atom stereocenters. The van der Waals surface area contributed by atoms with Gasteiger partial charge in [0.25, 0.3) is 0 Å². The van der Waals surface area contributed by atoms with E-state index in [2.05, 4.69) is 20.4 Å². The summed E-state index contributed by atoms with van der Waals surface area (Å²) in [7, 11) is 0. The minimum atomic E-state index is 0.0304. The van der Waals surface area contributed by atoms with E-state index in [-0.39, 0.29) is 5.96 Å². The van der Waals surface area contributed by atoms with Gasteiger partial charge in [-0.15, -0.1) is 0 Å². The summed E-state index contributed by atoms with van der Waals surface area (Å²) < 4.78 is 0. The number of nitrogens with one attached hydrogen (secondary N) is 1. The molecule has 0 unspecified atom stereocenters.